The number of likely N-dealkylation sites (tertiary alicyclic amines) is 1. The minimum Gasteiger partial charge on any atom is -0.480 e. The molecule has 1 fully saturated rings. The molecule has 0 bridgehead atoms. The summed E-state index contributed by atoms with van der Waals surface area (Å²) in [5.74, 6) is -2.12. The zero-order chi connectivity index (χ0) is 18.5. The molecular formula is C17H17F2N3O3S. The summed E-state index contributed by atoms with van der Waals surface area (Å²) >= 11 is 0.377. The molecule has 0 N–H and O–H groups in total. The summed E-state index contributed by atoms with van der Waals surface area (Å²) in [4.78, 5) is 14.6. The van der Waals surface area contributed by atoms with Crippen molar-refractivity contribution in [2.45, 2.75) is 23.2 Å². The van der Waals surface area contributed by atoms with E-state index in [4.69, 9.17) is 9.47 Å². The molecule has 1 aromatic carbocycles. The van der Waals surface area contributed by atoms with Crippen LogP contribution in [0, 0.1) is 0 Å². The Hall–Kier alpha value is -2.42. The van der Waals surface area contributed by atoms with Gasteiger partial charge in [0, 0.05) is 30.0 Å². The minimum atomic E-state index is -2.58. The number of benzene rings is 1. The first-order chi connectivity index (χ1) is 12.6. The molecule has 6 nitrogen and oxygen atoms in total. The van der Waals surface area contributed by atoms with Crippen LogP contribution in [0.15, 0.2) is 41.3 Å². The first-order valence-electron chi connectivity index (χ1n) is 7.94. The van der Waals surface area contributed by atoms with Gasteiger partial charge in [-0.25, -0.2) is 0 Å². The standard InChI is InChI=1S/C17H17F2N3O3S/c1-24-14-6-7-15(21-20-14)25-11-8-9-22(10-11)16(23)12-4-2-3-5-13(12)26-17(18)19/h2-7,11,17H,8-10H2,1H3. The van der Waals surface area contributed by atoms with E-state index in [1.54, 1.807) is 35.2 Å². The van der Waals surface area contributed by atoms with Crippen molar-refractivity contribution in [2.75, 3.05) is 20.2 Å². The number of methoxy groups -OCH3 is 1. The van der Waals surface area contributed by atoms with E-state index in [1.807, 2.05) is 0 Å². The van der Waals surface area contributed by atoms with Gasteiger partial charge in [-0.1, -0.05) is 23.9 Å². The third-order valence-corrected chi connectivity index (χ3v) is 4.67. The molecule has 3 rings (SSSR count). The van der Waals surface area contributed by atoms with Gasteiger partial charge in [0.15, 0.2) is 0 Å². The summed E-state index contributed by atoms with van der Waals surface area (Å²) in [6.07, 6.45) is 0.403. The lowest BCUT2D eigenvalue weighted by molar-refractivity contribution is 0.0767. The molecule has 1 amide bonds. The maximum atomic E-state index is 12.7. The number of rotatable bonds is 6. The Labute approximate surface area is 153 Å². The molecule has 0 radical (unpaired) electrons. The number of aromatic nitrogens is 2. The number of hydrogen-bond donors (Lipinski definition) is 0. The number of nitrogens with zero attached hydrogens (tertiary/aromatic N) is 3. The summed E-state index contributed by atoms with van der Waals surface area (Å²) in [6.45, 7) is 0.848. The van der Waals surface area contributed by atoms with Crippen molar-refractivity contribution in [1.82, 2.24) is 15.1 Å². The van der Waals surface area contributed by atoms with Gasteiger partial charge in [0.1, 0.15) is 6.10 Å². The summed E-state index contributed by atoms with van der Waals surface area (Å²) in [6, 6.07) is 9.68. The van der Waals surface area contributed by atoms with Crippen LogP contribution in [0.3, 0.4) is 0 Å². The number of halogens is 2. The SMILES string of the molecule is COc1ccc(OC2CCN(C(=O)c3ccccc3SC(F)F)C2)nn1. The monoisotopic (exact) mass is 381 g/mol. The maximum Gasteiger partial charge on any atom is 0.288 e. The highest BCUT2D eigenvalue weighted by atomic mass is 32.2. The van der Waals surface area contributed by atoms with Crippen molar-refractivity contribution in [1.29, 1.82) is 0 Å². The molecule has 0 saturated carbocycles. The van der Waals surface area contributed by atoms with Crippen LogP contribution in [-0.2, 0) is 0 Å². The van der Waals surface area contributed by atoms with E-state index in [-0.39, 0.29) is 22.5 Å². The molecule has 9 heteroatoms. The smallest absolute Gasteiger partial charge is 0.288 e. The molecule has 1 aliphatic heterocycles. The minimum absolute atomic E-state index is 0.225. The molecule has 0 spiro atoms. The highest BCUT2D eigenvalue weighted by Crippen LogP contribution is 2.30. The van der Waals surface area contributed by atoms with Crippen LogP contribution in [0.5, 0.6) is 11.8 Å². The average molecular weight is 381 g/mol. The van der Waals surface area contributed by atoms with Crippen LogP contribution in [-0.4, -0.2) is 53.1 Å². The van der Waals surface area contributed by atoms with Crippen molar-refractivity contribution < 1.29 is 23.0 Å². The van der Waals surface area contributed by atoms with Crippen LogP contribution in [0.25, 0.3) is 0 Å². The Morgan fingerprint density at radius 2 is 1.96 bits per heavy atom. The number of carbonyl (C=O) groups excluding carboxylic acids is 1. The van der Waals surface area contributed by atoms with Crippen LogP contribution in [0.1, 0.15) is 16.8 Å². The molecule has 2 aromatic rings. The molecule has 1 saturated heterocycles. The first-order valence-corrected chi connectivity index (χ1v) is 8.82. The fourth-order valence-corrected chi connectivity index (χ4v) is 3.30. The van der Waals surface area contributed by atoms with Gasteiger partial charge < -0.3 is 14.4 Å². The predicted octanol–water partition coefficient (Wildman–Crippen LogP) is 3.09. The van der Waals surface area contributed by atoms with Crippen LogP contribution in [0.4, 0.5) is 8.78 Å². The lowest BCUT2D eigenvalue weighted by Crippen LogP contribution is -2.31. The van der Waals surface area contributed by atoms with E-state index < -0.39 is 5.76 Å². The molecule has 1 unspecified atom stereocenters. The van der Waals surface area contributed by atoms with E-state index in [2.05, 4.69) is 10.2 Å². The van der Waals surface area contributed by atoms with Gasteiger partial charge in [0.05, 0.1) is 19.2 Å². The van der Waals surface area contributed by atoms with Gasteiger partial charge in [0.25, 0.3) is 11.7 Å². The summed E-state index contributed by atoms with van der Waals surface area (Å²) in [5.41, 5.74) is 0.280. The Morgan fingerprint density at radius 1 is 1.23 bits per heavy atom. The van der Waals surface area contributed by atoms with E-state index in [1.165, 1.54) is 13.2 Å². The fourth-order valence-electron chi connectivity index (χ4n) is 2.67. The molecule has 1 aliphatic rings. The van der Waals surface area contributed by atoms with E-state index in [0.29, 0.717) is 43.0 Å². The van der Waals surface area contributed by atoms with Crippen molar-refractivity contribution >= 4 is 17.7 Å². The average Bonchev–Trinajstić information content (AvgIpc) is 3.10. The number of carbonyl (C=O) groups is 1. The number of hydrogen-bond acceptors (Lipinski definition) is 6. The molecule has 2 heterocycles. The second-order valence-electron chi connectivity index (χ2n) is 5.57. The number of ether oxygens (including phenoxy) is 2. The van der Waals surface area contributed by atoms with Gasteiger partial charge >= 0.3 is 0 Å². The zero-order valence-corrected chi connectivity index (χ0v) is 14.8. The maximum absolute atomic E-state index is 12.7. The van der Waals surface area contributed by atoms with Crippen molar-refractivity contribution in [3.63, 3.8) is 0 Å². The number of thioether (sulfide) groups is 1. The third-order valence-electron chi connectivity index (χ3n) is 3.88. The Bertz CT molecular complexity index is 761. The van der Waals surface area contributed by atoms with Crippen LogP contribution in [0.2, 0.25) is 0 Å². The van der Waals surface area contributed by atoms with Gasteiger partial charge in [-0.05, 0) is 12.1 Å². The third kappa shape index (κ3) is 4.40. The topological polar surface area (TPSA) is 64.6 Å². The Kier molecular flexibility index (Phi) is 5.87. The lowest BCUT2D eigenvalue weighted by atomic mass is 10.2. The Morgan fingerprint density at radius 3 is 2.65 bits per heavy atom. The van der Waals surface area contributed by atoms with Crippen molar-refractivity contribution in [3.05, 3.63) is 42.0 Å². The first kappa shape index (κ1) is 18.4. The molecule has 26 heavy (non-hydrogen) atoms. The summed E-state index contributed by atoms with van der Waals surface area (Å²) < 4.78 is 36.1. The quantitative estimate of drug-likeness (QED) is 0.717. The summed E-state index contributed by atoms with van der Waals surface area (Å²) in [5, 5.41) is 7.73. The van der Waals surface area contributed by atoms with Gasteiger partial charge in [0.2, 0.25) is 11.8 Å². The zero-order valence-electron chi connectivity index (χ0n) is 14.0. The fraction of sp³-hybridized carbons (Fsp3) is 0.353. The largest absolute Gasteiger partial charge is 0.480 e. The molecule has 1 atom stereocenters. The number of amides is 1. The van der Waals surface area contributed by atoms with Gasteiger partial charge in [-0.2, -0.15) is 8.78 Å². The van der Waals surface area contributed by atoms with E-state index >= 15 is 0 Å². The van der Waals surface area contributed by atoms with E-state index in [9.17, 15) is 13.6 Å². The lowest BCUT2D eigenvalue weighted by Gasteiger charge is -2.18. The second-order valence-corrected chi connectivity index (χ2v) is 6.60. The summed E-state index contributed by atoms with van der Waals surface area (Å²) in [7, 11) is 1.50. The molecule has 138 valence electrons. The van der Waals surface area contributed by atoms with Crippen molar-refractivity contribution in [2.24, 2.45) is 0 Å². The van der Waals surface area contributed by atoms with Crippen molar-refractivity contribution in [3.8, 4) is 11.8 Å². The predicted molar refractivity (Wildman–Crippen MR) is 91.8 cm³/mol. The Balaban J connectivity index is 1.64. The van der Waals surface area contributed by atoms with Crippen LogP contribution < -0.4 is 9.47 Å². The molecule has 1 aromatic heterocycles. The number of alkyl halides is 2. The normalized spacial score (nSPS) is 16.8. The van der Waals surface area contributed by atoms with E-state index in [0.717, 1.165) is 0 Å². The van der Waals surface area contributed by atoms with Crippen LogP contribution >= 0.6 is 11.8 Å². The second kappa shape index (κ2) is 8.31. The highest BCUT2D eigenvalue weighted by Gasteiger charge is 2.30. The molecular weight excluding hydrogens is 364 g/mol. The van der Waals surface area contributed by atoms with Gasteiger partial charge in [-0.15, -0.1) is 10.2 Å². The highest BCUT2D eigenvalue weighted by molar-refractivity contribution is 7.99. The molecule has 0 aliphatic carbocycles. The van der Waals surface area contributed by atoms with Gasteiger partial charge in [-0.3, -0.25) is 4.79 Å².